The van der Waals surface area contributed by atoms with Gasteiger partial charge in [0.15, 0.2) is 0 Å². The van der Waals surface area contributed by atoms with Crippen LogP contribution in [-0.4, -0.2) is 35.8 Å². The van der Waals surface area contributed by atoms with Crippen LogP contribution in [0.15, 0.2) is 24.8 Å². The standard InChI is InChI=1S/C17H19F3N8/c1-3-21-15-12(17(18,19)20)7-23-16(25-15)24-13-9-28(26-10(13)2)11-6-14-22-4-5-27(14)8-11/h4-5,7,9,11H,3,6,8H2,1-2H3,(H2,21,23,24,25)/t11-/m1/s1. The minimum Gasteiger partial charge on any atom is -0.370 e. The molecule has 4 rings (SSSR count). The quantitative estimate of drug-likeness (QED) is 0.694. The second-order valence-electron chi connectivity index (χ2n) is 6.57. The Morgan fingerprint density at radius 3 is 2.82 bits per heavy atom. The lowest BCUT2D eigenvalue weighted by Gasteiger charge is -2.13. The van der Waals surface area contributed by atoms with Gasteiger partial charge in [-0.3, -0.25) is 4.68 Å². The van der Waals surface area contributed by atoms with Gasteiger partial charge in [-0.25, -0.2) is 9.97 Å². The normalized spacial score (nSPS) is 16.2. The van der Waals surface area contributed by atoms with Gasteiger partial charge < -0.3 is 15.2 Å². The Labute approximate surface area is 158 Å². The summed E-state index contributed by atoms with van der Waals surface area (Å²) in [6.45, 7) is 4.61. The highest BCUT2D eigenvalue weighted by Gasteiger charge is 2.35. The fourth-order valence-corrected chi connectivity index (χ4v) is 3.24. The number of imidazole rings is 1. The van der Waals surface area contributed by atoms with E-state index in [0.29, 0.717) is 17.9 Å². The van der Waals surface area contributed by atoms with Crippen LogP contribution >= 0.6 is 0 Å². The molecular formula is C17H19F3N8. The Balaban J connectivity index is 1.55. The molecule has 3 aromatic heterocycles. The first-order valence-electron chi connectivity index (χ1n) is 8.86. The number of fused-ring (bicyclic) bond motifs is 1. The predicted octanol–water partition coefficient (Wildman–Crippen LogP) is 3.17. The van der Waals surface area contributed by atoms with Crippen molar-refractivity contribution in [1.82, 2.24) is 29.3 Å². The van der Waals surface area contributed by atoms with E-state index in [2.05, 4.69) is 35.3 Å². The van der Waals surface area contributed by atoms with Crippen molar-refractivity contribution in [2.24, 2.45) is 0 Å². The van der Waals surface area contributed by atoms with Gasteiger partial charge in [-0.2, -0.15) is 23.3 Å². The molecule has 1 aliphatic heterocycles. The van der Waals surface area contributed by atoms with Gasteiger partial charge in [0, 0.05) is 44.3 Å². The average Bonchev–Trinajstić information content (AvgIpc) is 3.29. The molecule has 0 aliphatic carbocycles. The van der Waals surface area contributed by atoms with Crippen molar-refractivity contribution in [2.75, 3.05) is 17.2 Å². The van der Waals surface area contributed by atoms with Crippen molar-refractivity contribution < 1.29 is 13.2 Å². The van der Waals surface area contributed by atoms with E-state index in [9.17, 15) is 13.2 Å². The molecule has 0 spiro atoms. The minimum atomic E-state index is -4.52. The van der Waals surface area contributed by atoms with Crippen molar-refractivity contribution in [3.05, 3.63) is 41.9 Å². The first-order valence-corrected chi connectivity index (χ1v) is 8.86. The zero-order chi connectivity index (χ0) is 19.9. The number of aromatic nitrogens is 6. The van der Waals surface area contributed by atoms with Gasteiger partial charge in [0.05, 0.1) is 17.4 Å². The van der Waals surface area contributed by atoms with Crippen molar-refractivity contribution in [3.63, 3.8) is 0 Å². The second kappa shape index (κ2) is 6.80. The van der Waals surface area contributed by atoms with Crippen molar-refractivity contribution >= 4 is 17.5 Å². The lowest BCUT2D eigenvalue weighted by molar-refractivity contribution is -0.137. The first-order chi connectivity index (χ1) is 13.3. The summed E-state index contributed by atoms with van der Waals surface area (Å²) in [4.78, 5) is 12.1. The van der Waals surface area contributed by atoms with Gasteiger partial charge in [0.2, 0.25) is 5.95 Å². The van der Waals surface area contributed by atoms with Gasteiger partial charge in [-0.05, 0) is 13.8 Å². The summed E-state index contributed by atoms with van der Waals surface area (Å²) in [5.41, 5.74) is 0.456. The van der Waals surface area contributed by atoms with Crippen LogP contribution in [0.3, 0.4) is 0 Å². The monoisotopic (exact) mass is 392 g/mol. The largest absolute Gasteiger partial charge is 0.421 e. The smallest absolute Gasteiger partial charge is 0.370 e. The van der Waals surface area contributed by atoms with Crippen LogP contribution in [0.25, 0.3) is 0 Å². The maximum atomic E-state index is 13.1. The van der Waals surface area contributed by atoms with Crippen LogP contribution in [0.4, 0.5) is 30.6 Å². The zero-order valence-electron chi connectivity index (χ0n) is 15.3. The summed E-state index contributed by atoms with van der Waals surface area (Å²) in [7, 11) is 0. The number of anilines is 3. The fourth-order valence-electron chi connectivity index (χ4n) is 3.24. The van der Waals surface area contributed by atoms with E-state index in [0.717, 1.165) is 25.0 Å². The second-order valence-corrected chi connectivity index (χ2v) is 6.57. The van der Waals surface area contributed by atoms with Crippen molar-refractivity contribution in [1.29, 1.82) is 0 Å². The van der Waals surface area contributed by atoms with Gasteiger partial charge in [0.25, 0.3) is 0 Å². The first kappa shape index (κ1) is 18.3. The molecule has 0 fully saturated rings. The van der Waals surface area contributed by atoms with Crippen LogP contribution in [0.1, 0.15) is 30.0 Å². The molecule has 0 aromatic carbocycles. The average molecular weight is 392 g/mol. The Kier molecular flexibility index (Phi) is 4.44. The van der Waals surface area contributed by atoms with Crippen LogP contribution in [-0.2, 0) is 19.1 Å². The van der Waals surface area contributed by atoms with E-state index >= 15 is 0 Å². The summed E-state index contributed by atoms with van der Waals surface area (Å²) in [6.07, 6.45) is 2.56. The Morgan fingerprint density at radius 1 is 1.29 bits per heavy atom. The summed E-state index contributed by atoms with van der Waals surface area (Å²) >= 11 is 0. The Hall–Kier alpha value is -3.11. The molecule has 148 valence electrons. The van der Waals surface area contributed by atoms with E-state index in [1.807, 2.05) is 24.0 Å². The van der Waals surface area contributed by atoms with Crippen LogP contribution in [0, 0.1) is 6.92 Å². The van der Waals surface area contributed by atoms with E-state index in [4.69, 9.17) is 0 Å². The molecule has 11 heteroatoms. The molecular weight excluding hydrogens is 373 g/mol. The van der Waals surface area contributed by atoms with Gasteiger partial charge in [0.1, 0.15) is 17.2 Å². The number of hydrogen-bond acceptors (Lipinski definition) is 6. The third-order valence-electron chi connectivity index (χ3n) is 4.60. The SMILES string of the molecule is CCNc1nc(Nc2cn([C@@H]3Cc4nccn4C3)nc2C)ncc1C(F)(F)F. The summed E-state index contributed by atoms with van der Waals surface area (Å²) in [5.74, 6) is 0.832. The molecule has 1 aliphatic rings. The maximum Gasteiger partial charge on any atom is 0.421 e. The molecule has 0 saturated heterocycles. The number of rotatable bonds is 5. The number of halogens is 3. The fraction of sp³-hybridized carbons (Fsp3) is 0.412. The number of alkyl halides is 3. The molecule has 2 N–H and O–H groups in total. The number of hydrogen-bond donors (Lipinski definition) is 2. The predicted molar refractivity (Wildman–Crippen MR) is 96.4 cm³/mol. The van der Waals surface area contributed by atoms with Crippen LogP contribution in [0.2, 0.25) is 0 Å². The summed E-state index contributed by atoms with van der Waals surface area (Å²) in [5, 5.41) is 10.1. The maximum absolute atomic E-state index is 13.1. The number of nitrogens with zero attached hydrogens (tertiary/aromatic N) is 6. The molecule has 0 unspecified atom stereocenters. The lowest BCUT2D eigenvalue weighted by atomic mass is 10.2. The number of aryl methyl sites for hydroxylation is 1. The molecule has 4 heterocycles. The minimum absolute atomic E-state index is 0.0750. The van der Waals surface area contributed by atoms with Crippen LogP contribution in [0.5, 0.6) is 0 Å². The lowest BCUT2D eigenvalue weighted by Crippen LogP contribution is -2.14. The van der Waals surface area contributed by atoms with E-state index in [1.165, 1.54) is 0 Å². The van der Waals surface area contributed by atoms with E-state index < -0.39 is 11.7 Å². The molecule has 0 amide bonds. The highest BCUT2D eigenvalue weighted by Crippen LogP contribution is 2.34. The van der Waals surface area contributed by atoms with Crippen molar-refractivity contribution in [2.45, 2.75) is 39.0 Å². The molecule has 28 heavy (non-hydrogen) atoms. The molecule has 0 saturated carbocycles. The highest BCUT2D eigenvalue weighted by atomic mass is 19.4. The topological polar surface area (TPSA) is 85.5 Å². The Bertz CT molecular complexity index is 970. The zero-order valence-corrected chi connectivity index (χ0v) is 15.3. The van der Waals surface area contributed by atoms with Crippen molar-refractivity contribution in [3.8, 4) is 0 Å². The summed E-state index contributed by atoms with van der Waals surface area (Å²) in [6, 6.07) is 0.142. The van der Waals surface area contributed by atoms with Gasteiger partial charge in [-0.15, -0.1) is 0 Å². The molecule has 3 aromatic rings. The van der Waals surface area contributed by atoms with Gasteiger partial charge >= 0.3 is 6.18 Å². The molecule has 0 bridgehead atoms. The highest BCUT2D eigenvalue weighted by molar-refractivity contribution is 5.58. The summed E-state index contributed by atoms with van der Waals surface area (Å²) < 4.78 is 43.2. The molecule has 0 radical (unpaired) electrons. The molecule has 8 nitrogen and oxygen atoms in total. The third kappa shape index (κ3) is 3.39. The van der Waals surface area contributed by atoms with Crippen LogP contribution < -0.4 is 10.6 Å². The third-order valence-corrected chi connectivity index (χ3v) is 4.60. The Morgan fingerprint density at radius 2 is 2.11 bits per heavy atom. The van der Waals surface area contributed by atoms with E-state index in [1.54, 1.807) is 13.1 Å². The van der Waals surface area contributed by atoms with Gasteiger partial charge in [-0.1, -0.05) is 0 Å². The number of nitrogens with one attached hydrogen (secondary N) is 2. The molecule has 1 atom stereocenters. The van der Waals surface area contributed by atoms with E-state index in [-0.39, 0.29) is 17.8 Å².